The number of hydrogen-bond donors (Lipinski definition) is 3. The van der Waals surface area contributed by atoms with E-state index in [-0.39, 0.29) is 29.1 Å². The lowest BCUT2D eigenvalue weighted by molar-refractivity contribution is -0.137. The molecule has 0 aliphatic carbocycles. The molecule has 1 aromatic heterocycles. The Morgan fingerprint density at radius 3 is 2.31 bits per heavy atom. The van der Waals surface area contributed by atoms with Crippen LogP contribution in [0.5, 0.6) is 17.2 Å². The molecule has 0 aliphatic heterocycles. The third-order valence-corrected chi connectivity index (χ3v) is 4.89. The zero-order valence-electron chi connectivity index (χ0n) is 19.4. The van der Waals surface area contributed by atoms with E-state index in [4.69, 9.17) is 21.1 Å². The second-order valence-corrected chi connectivity index (χ2v) is 8.15. The zero-order valence-corrected chi connectivity index (χ0v) is 20.1. The number of urea groups is 1. The van der Waals surface area contributed by atoms with E-state index in [0.717, 1.165) is 6.07 Å². The summed E-state index contributed by atoms with van der Waals surface area (Å²) < 4.78 is 50.2. The Balaban J connectivity index is 1.66. The first-order chi connectivity index (χ1) is 17.0. The topological polar surface area (TPSA) is 102 Å². The first-order valence-corrected chi connectivity index (χ1v) is 10.9. The van der Waals surface area contributed by atoms with Crippen LogP contribution in [-0.4, -0.2) is 30.1 Å². The minimum absolute atomic E-state index is 0.0364. The number of aromatic nitrogens is 1. The summed E-state index contributed by atoms with van der Waals surface area (Å²) in [6.45, 7) is 3.67. The number of pyridine rings is 1. The first-order valence-electron chi connectivity index (χ1n) is 10.5. The Bertz CT molecular complexity index is 1250. The van der Waals surface area contributed by atoms with Gasteiger partial charge in [0.05, 0.1) is 23.4 Å². The number of benzene rings is 2. The van der Waals surface area contributed by atoms with Crippen molar-refractivity contribution in [3.63, 3.8) is 0 Å². The predicted octanol–water partition coefficient (Wildman–Crippen LogP) is 6.34. The van der Waals surface area contributed by atoms with Crippen molar-refractivity contribution >= 4 is 34.9 Å². The normalized spacial score (nSPS) is 11.1. The molecular weight excluding hydrogens is 501 g/mol. The standard InChI is InChI=1S/C24H22ClF3N4O4/c1-13(2)30-22(33)20-10-16(8-9-29-20)36-15-6-4-14(5-7-15)31-23(34)32-19-11-17(24(26,27)28)18(25)12-21(19)35-3/h4-13H,1-3H3,(H,30,33)(H2,31,32,34). The maximum Gasteiger partial charge on any atom is 0.417 e. The number of amides is 3. The average molecular weight is 523 g/mol. The molecule has 3 amide bonds. The third kappa shape index (κ3) is 7.01. The number of hydrogen-bond acceptors (Lipinski definition) is 5. The maximum absolute atomic E-state index is 13.2. The van der Waals surface area contributed by atoms with Crippen molar-refractivity contribution in [1.82, 2.24) is 10.3 Å². The quantitative estimate of drug-likeness (QED) is 0.336. The number of ether oxygens (including phenoxy) is 2. The fourth-order valence-electron chi connectivity index (χ4n) is 3.00. The molecule has 0 atom stereocenters. The second-order valence-electron chi connectivity index (χ2n) is 7.74. The van der Waals surface area contributed by atoms with Gasteiger partial charge in [0.1, 0.15) is 22.9 Å². The highest BCUT2D eigenvalue weighted by molar-refractivity contribution is 6.31. The van der Waals surface area contributed by atoms with Crippen LogP contribution in [0.3, 0.4) is 0 Å². The number of carbonyl (C=O) groups excluding carboxylic acids is 2. The highest BCUT2D eigenvalue weighted by atomic mass is 35.5. The number of carbonyl (C=O) groups is 2. The van der Waals surface area contributed by atoms with Crippen LogP contribution in [0.4, 0.5) is 29.3 Å². The van der Waals surface area contributed by atoms with Gasteiger partial charge in [-0.15, -0.1) is 0 Å². The van der Waals surface area contributed by atoms with Gasteiger partial charge < -0.3 is 25.4 Å². The van der Waals surface area contributed by atoms with Gasteiger partial charge in [0.25, 0.3) is 5.91 Å². The smallest absolute Gasteiger partial charge is 0.417 e. The van der Waals surface area contributed by atoms with Crippen LogP contribution in [0.2, 0.25) is 5.02 Å². The molecule has 0 aliphatic rings. The van der Waals surface area contributed by atoms with E-state index in [1.165, 1.54) is 31.5 Å². The molecule has 0 unspecified atom stereocenters. The maximum atomic E-state index is 13.2. The minimum Gasteiger partial charge on any atom is -0.495 e. The van der Waals surface area contributed by atoms with E-state index in [0.29, 0.717) is 23.3 Å². The second kappa shape index (κ2) is 11.2. The van der Waals surface area contributed by atoms with E-state index in [9.17, 15) is 22.8 Å². The van der Waals surface area contributed by atoms with Crippen LogP contribution in [0.1, 0.15) is 29.9 Å². The molecular formula is C24H22ClF3N4O4. The van der Waals surface area contributed by atoms with Crippen molar-refractivity contribution in [2.75, 3.05) is 17.7 Å². The monoisotopic (exact) mass is 522 g/mol. The van der Waals surface area contributed by atoms with Gasteiger partial charge in [-0.2, -0.15) is 13.2 Å². The summed E-state index contributed by atoms with van der Waals surface area (Å²) in [6, 6.07) is 10.1. The summed E-state index contributed by atoms with van der Waals surface area (Å²) in [4.78, 5) is 28.5. The molecule has 0 radical (unpaired) electrons. The molecule has 0 saturated carbocycles. The van der Waals surface area contributed by atoms with Crippen molar-refractivity contribution in [3.05, 3.63) is 71.0 Å². The lowest BCUT2D eigenvalue weighted by Gasteiger charge is -2.16. The van der Waals surface area contributed by atoms with Crippen LogP contribution < -0.4 is 25.4 Å². The third-order valence-electron chi connectivity index (χ3n) is 4.57. The molecule has 3 aromatic rings. The molecule has 3 N–H and O–H groups in total. The van der Waals surface area contributed by atoms with E-state index in [1.807, 2.05) is 13.8 Å². The minimum atomic E-state index is -4.71. The fourth-order valence-corrected chi connectivity index (χ4v) is 3.26. The molecule has 3 rings (SSSR count). The molecule has 12 heteroatoms. The molecule has 190 valence electrons. The summed E-state index contributed by atoms with van der Waals surface area (Å²) in [5.41, 5.74) is -0.776. The van der Waals surface area contributed by atoms with Gasteiger partial charge in [0.2, 0.25) is 0 Å². The van der Waals surface area contributed by atoms with E-state index in [1.54, 1.807) is 18.2 Å². The number of halogens is 4. The van der Waals surface area contributed by atoms with Crippen LogP contribution >= 0.6 is 11.6 Å². The molecule has 0 bridgehead atoms. The van der Waals surface area contributed by atoms with Crippen LogP contribution in [0.25, 0.3) is 0 Å². The molecule has 1 heterocycles. The molecule has 0 saturated heterocycles. The highest BCUT2D eigenvalue weighted by Crippen LogP contribution is 2.40. The van der Waals surface area contributed by atoms with Crippen molar-refractivity contribution in [1.29, 1.82) is 0 Å². The molecule has 8 nitrogen and oxygen atoms in total. The van der Waals surface area contributed by atoms with Gasteiger partial charge >= 0.3 is 12.2 Å². The van der Waals surface area contributed by atoms with Gasteiger partial charge in [-0.05, 0) is 50.2 Å². The Morgan fingerprint density at radius 2 is 1.69 bits per heavy atom. The summed E-state index contributed by atoms with van der Waals surface area (Å²) in [6.07, 6.45) is -3.26. The SMILES string of the molecule is COc1cc(Cl)c(C(F)(F)F)cc1NC(=O)Nc1ccc(Oc2ccnc(C(=O)NC(C)C)c2)cc1. The summed E-state index contributed by atoms with van der Waals surface area (Å²) in [5, 5.41) is 7.02. The molecule has 2 aromatic carbocycles. The highest BCUT2D eigenvalue weighted by Gasteiger charge is 2.34. The van der Waals surface area contributed by atoms with Crippen molar-refractivity contribution in [2.24, 2.45) is 0 Å². The van der Waals surface area contributed by atoms with Gasteiger partial charge in [0, 0.05) is 30.1 Å². The van der Waals surface area contributed by atoms with Gasteiger partial charge in [-0.1, -0.05) is 11.6 Å². The van der Waals surface area contributed by atoms with E-state index in [2.05, 4.69) is 20.9 Å². The van der Waals surface area contributed by atoms with Crippen LogP contribution in [0.15, 0.2) is 54.7 Å². The first kappa shape index (κ1) is 26.6. The van der Waals surface area contributed by atoms with Crippen LogP contribution in [-0.2, 0) is 6.18 Å². The largest absolute Gasteiger partial charge is 0.495 e. The van der Waals surface area contributed by atoms with Gasteiger partial charge in [-0.3, -0.25) is 9.78 Å². The summed E-state index contributed by atoms with van der Waals surface area (Å²) >= 11 is 5.68. The van der Waals surface area contributed by atoms with E-state index >= 15 is 0 Å². The summed E-state index contributed by atoms with van der Waals surface area (Å²) in [5.74, 6) is 0.426. The lowest BCUT2D eigenvalue weighted by atomic mass is 10.1. The summed E-state index contributed by atoms with van der Waals surface area (Å²) in [7, 11) is 1.24. The Hall–Kier alpha value is -3.99. The Morgan fingerprint density at radius 1 is 1.00 bits per heavy atom. The Kier molecular flexibility index (Phi) is 8.25. The number of nitrogens with one attached hydrogen (secondary N) is 3. The molecule has 36 heavy (non-hydrogen) atoms. The van der Waals surface area contributed by atoms with Crippen molar-refractivity contribution < 1.29 is 32.2 Å². The van der Waals surface area contributed by atoms with Crippen molar-refractivity contribution in [3.8, 4) is 17.2 Å². The van der Waals surface area contributed by atoms with Gasteiger partial charge in [-0.25, -0.2) is 4.79 Å². The van der Waals surface area contributed by atoms with Crippen LogP contribution in [0, 0.1) is 0 Å². The van der Waals surface area contributed by atoms with Crippen molar-refractivity contribution in [2.45, 2.75) is 26.1 Å². The number of methoxy groups -OCH3 is 1. The number of anilines is 2. The number of rotatable bonds is 7. The number of nitrogens with zero attached hydrogens (tertiary/aromatic N) is 1. The average Bonchev–Trinajstić information content (AvgIpc) is 2.80. The van der Waals surface area contributed by atoms with Gasteiger partial charge in [0.15, 0.2) is 0 Å². The van der Waals surface area contributed by atoms with E-state index < -0.39 is 22.8 Å². The molecule has 0 fully saturated rings. The predicted molar refractivity (Wildman–Crippen MR) is 129 cm³/mol. The number of alkyl halides is 3. The Labute approximate surface area is 209 Å². The fraction of sp³-hybridized carbons (Fsp3) is 0.208. The molecule has 0 spiro atoms. The zero-order chi connectivity index (χ0) is 26.5. The lowest BCUT2D eigenvalue weighted by Crippen LogP contribution is -2.30.